The minimum absolute atomic E-state index is 0.0225. The largest absolute Gasteiger partial charge is 0.360 e. The van der Waals surface area contributed by atoms with Gasteiger partial charge in [-0.25, -0.2) is 14.4 Å². The summed E-state index contributed by atoms with van der Waals surface area (Å²) in [4.78, 5) is 12.4. The molecule has 3 heterocycles. The number of rotatable bonds is 5. The number of benzene rings is 1. The molecule has 0 saturated carbocycles. The molecule has 6 nitrogen and oxygen atoms in total. The van der Waals surface area contributed by atoms with Gasteiger partial charge in [0.1, 0.15) is 5.82 Å². The van der Waals surface area contributed by atoms with Crippen LogP contribution in [0.15, 0.2) is 30.6 Å². The molecule has 1 aliphatic rings. The average molecular weight is 421 g/mol. The minimum atomic E-state index is -0.296. The normalized spacial score (nSPS) is 18.1. The third kappa shape index (κ3) is 4.70. The Kier molecular flexibility index (Phi) is 5.44. The van der Waals surface area contributed by atoms with Gasteiger partial charge >= 0.3 is 0 Å². The van der Waals surface area contributed by atoms with Crippen LogP contribution in [0, 0.1) is 17.1 Å². The molecule has 3 N–H and O–H groups in total. The van der Waals surface area contributed by atoms with Crippen LogP contribution in [-0.2, 0) is 6.42 Å². The average Bonchev–Trinajstić information content (AvgIpc) is 3.06. The number of aromatic nitrogens is 3. The number of nitriles is 1. The summed E-state index contributed by atoms with van der Waals surface area (Å²) in [6, 6.07) is 7.47. The van der Waals surface area contributed by atoms with E-state index in [9.17, 15) is 4.39 Å². The number of nitrogens with zero attached hydrogens (tertiary/aromatic N) is 3. The highest BCUT2D eigenvalue weighted by Crippen LogP contribution is 2.32. The quantitative estimate of drug-likeness (QED) is 0.544. The molecule has 0 unspecified atom stereocenters. The molecule has 4 rings (SSSR count). The van der Waals surface area contributed by atoms with Gasteiger partial charge in [-0.1, -0.05) is 0 Å². The van der Waals surface area contributed by atoms with Gasteiger partial charge in [-0.3, -0.25) is 0 Å². The van der Waals surface area contributed by atoms with Crippen LogP contribution in [0.1, 0.15) is 52.5 Å². The van der Waals surface area contributed by atoms with Crippen molar-refractivity contribution in [1.82, 2.24) is 20.3 Å². The summed E-state index contributed by atoms with van der Waals surface area (Å²) in [6.07, 6.45) is 6.21. The Labute approximate surface area is 182 Å². The first-order valence-corrected chi connectivity index (χ1v) is 10.7. The Bertz CT molecular complexity index is 1120. The van der Waals surface area contributed by atoms with Crippen LogP contribution in [0.5, 0.6) is 0 Å². The second kappa shape index (κ2) is 7.93. The smallest absolute Gasteiger partial charge is 0.223 e. The summed E-state index contributed by atoms with van der Waals surface area (Å²) in [6.45, 7) is 8.85. The minimum Gasteiger partial charge on any atom is -0.360 e. The second-order valence-corrected chi connectivity index (χ2v) is 9.76. The standard InChI is InChI=1S/C24H29FN6/c1-23(2)12-16(13-24(3,4)31-23)29-22-27-9-7-20(30-22)18-14-28-21-10-15(6-5-8-26)19(25)11-17(18)21/h7,9-11,14,16,28,31H,5-6,12-13H2,1-4H3,(H,27,29,30). The fourth-order valence-corrected chi connectivity index (χ4v) is 4.97. The van der Waals surface area contributed by atoms with Gasteiger partial charge < -0.3 is 15.6 Å². The maximum absolute atomic E-state index is 14.6. The molecule has 7 heteroatoms. The predicted molar refractivity (Wildman–Crippen MR) is 121 cm³/mol. The highest BCUT2D eigenvalue weighted by atomic mass is 19.1. The summed E-state index contributed by atoms with van der Waals surface area (Å²) in [5.74, 6) is 0.284. The fraction of sp³-hybridized carbons (Fsp3) is 0.458. The second-order valence-electron chi connectivity index (χ2n) is 9.76. The molecule has 1 aliphatic heterocycles. The van der Waals surface area contributed by atoms with E-state index < -0.39 is 0 Å². The summed E-state index contributed by atoms with van der Waals surface area (Å²) < 4.78 is 14.6. The number of H-pyrrole nitrogens is 1. The number of halogens is 1. The van der Waals surface area contributed by atoms with Crippen LogP contribution in [0.4, 0.5) is 10.3 Å². The maximum Gasteiger partial charge on any atom is 0.223 e. The molecule has 0 amide bonds. The number of nitrogens with one attached hydrogen (secondary N) is 3. The highest BCUT2D eigenvalue weighted by Gasteiger charge is 2.37. The van der Waals surface area contributed by atoms with Crippen molar-refractivity contribution in [2.24, 2.45) is 0 Å². The van der Waals surface area contributed by atoms with Crippen molar-refractivity contribution in [3.05, 3.63) is 42.0 Å². The van der Waals surface area contributed by atoms with E-state index in [1.807, 2.05) is 12.3 Å². The number of fused-ring (bicyclic) bond motifs is 1. The zero-order valence-corrected chi connectivity index (χ0v) is 18.5. The van der Waals surface area contributed by atoms with Crippen molar-refractivity contribution >= 4 is 16.9 Å². The maximum atomic E-state index is 14.6. The third-order valence-electron chi connectivity index (χ3n) is 5.81. The molecule has 162 valence electrons. The molecule has 0 aliphatic carbocycles. The number of hydrogen-bond acceptors (Lipinski definition) is 5. The number of aromatic amines is 1. The van der Waals surface area contributed by atoms with E-state index in [1.54, 1.807) is 12.3 Å². The molecule has 1 fully saturated rings. The van der Waals surface area contributed by atoms with Crippen LogP contribution in [-0.4, -0.2) is 32.1 Å². The van der Waals surface area contributed by atoms with Crippen molar-refractivity contribution < 1.29 is 4.39 Å². The van der Waals surface area contributed by atoms with Crippen LogP contribution in [0.25, 0.3) is 22.2 Å². The summed E-state index contributed by atoms with van der Waals surface area (Å²) in [7, 11) is 0. The van der Waals surface area contributed by atoms with Crippen molar-refractivity contribution in [3.8, 4) is 17.3 Å². The molecule has 31 heavy (non-hydrogen) atoms. The number of piperidine rings is 1. The lowest BCUT2D eigenvalue weighted by Crippen LogP contribution is -2.60. The number of anilines is 1. The fourth-order valence-electron chi connectivity index (χ4n) is 4.97. The summed E-state index contributed by atoms with van der Waals surface area (Å²) >= 11 is 0. The molecule has 1 saturated heterocycles. The van der Waals surface area contributed by atoms with E-state index >= 15 is 0 Å². The Balaban J connectivity index is 1.61. The lowest BCUT2D eigenvalue weighted by Gasteiger charge is -2.46. The van der Waals surface area contributed by atoms with Gasteiger partial charge in [0.05, 0.1) is 11.8 Å². The van der Waals surface area contributed by atoms with Crippen LogP contribution >= 0.6 is 0 Å². The zero-order valence-electron chi connectivity index (χ0n) is 18.5. The van der Waals surface area contributed by atoms with Crippen molar-refractivity contribution in [2.45, 2.75) is 70.5 Å². The van der Waals surface area contributed by atoms with Gasteiger partial charge in [0.2, 0.25) is 5.95 Å². The van der Waals surface area contributed by atoms with Gasteiger partial charge in [0, 0.05) is 52.4 Å². The Hall–Kier alpha value is -2.98. The van der Waals surface area contributed by atoms with Crippen LogP contribution in [0.2, 0.25) is 0 Å². The van der Waals surface area contributed by atoms with Gasteiger partial charge in [-0.2, -0.15) is 5.26 Å². The van der Waals surface area contributed by atoms with Gasteiger partial charge in [-0.15, -0.1) is 0 Å². The molecule has 0 spiro atoms. The van der Waals surface area contributed by atoms with Crippen molar-refractivity contribution in [1.29, 1.82) is 5.26 Å². The van der Waals surface area contributed by atoms with E-state index in [-0.39, 0.29) is 22.9 Å². The first-order chi connectivity index (χ1) is 14.7. The molecule has 1 aromatic carbocycles. The van der Waals surface area contributed by atoms with Crippen LogP contribution in [0.3, 0.4) is 0 Å². The SMILES string of the molecule is CC1(C)CC(Nc2nccc(-c3c[nH]c4cc(CCC#N)c(F)cc34)n2)CC(C)(C)N1. The molecule has 0 atom stereocenters. The van der Waals surface area contributed by atoms with Crippen molar-refractivity contribution in [3.63, 3.8) is 0 Å². The zero-order chi connectivity index (χ0) is 22.2. The predicted octanol–water partition coefficient (Wildman–Crippen LogP) is 4.94. The summed E-state index contributed by atoms with van der Waals surface area (Å²) in [5, 5.41) is 16.7. The van der Waals surface area contributed by atoms with E-state index in [2.05, 4.69) is 54.4 Å². The Morgan fingerprint density at radius 3 is 2.68 bits per heavy atom. The monoisotopic (exact) mass is 420 g/mol. The van der Waals surface area contributed by atoms with E-state index in [4.69, 9.17) is 10.2 Å². The van der Waals surface area contributed by atoms with Gasteiger partial charge in [0.15, 0.2) is 0 Å². The van der Waals surface area contributed by atoms with E-state index in [1.165, 1.54) is 6.07 Å². The first-order valence-electron chi connectivity index (χ1n) is 10.7. The van der Waals surface area contributed by atoms with Crippen molar-refractivity contribution in [2.75, 3.05) is 5.32 Å². The topological polar surface area (TPSA) is 89.4 Å². The molecular formula is C24H29FN6. The lowest BCUT2D eigenvalue weighted by atomic mass is 9.80. The molecule has 0 bridgehead atoms. The molecule has 0 radical (unpaired) electrons. The molecule has 3 aromatic rings. The summed E-state index contributed by atoms with van der Waals surface area (Å²) in [5.41, 5.74) is 2.99. The first kappa shape index (κ1) is 21.3. The lowest BCUT2D eigenvalue weighted by molar-refractivity contribution is 0.170. The highest BCUT2D eigenvalue weighted by molar-refractivity contribution is 5.95. The molecule has 2 aromatic heterocycles. The number of hydrogen-bond donors (Lipinski definition) is 3. The van der Waals surface area contributed by atoms with Crippen LogP contribution < -0.4 is 10.6 Å². The van der Waals surface area contributed by atoms with E-state index in [0.717, 1.165) is 35.0 Å². The van der Waals surface area contributed by atoms with E-state index in [0.29, 0.717) is 24.4 Å². The number of aryl methyl sites for hydroxylation is 1. The molecular weight excluding hydrogens is 391 g/mol. The Morgan fingerprint density at radius 1 is 1.23 bits per heavy atom. The van der Waals surface area contributed by atoms with Gasteiger partial charge in [0.25, 0.3) is 0 Å². The van der Waals surface area contributed by atoms with Gasteiger partial charge in [-0.05, 0) is 70.7 Å². The Morgan fingerprint density at radius 2 is 1.97 bits per heavy atom. The third-order valence-corrected chi connectivity index (χ3v) is 5.81.